The van der Waals surface area contributed by atoms with Crippen LogP contribution in [0.3, 0.4) is 0 Å². The maximum absolute atomic E-state index is 12.6. The number of anilines is 1. The van der Waals surface area contributed by atoms with Crippen LogP contribution >= 0.6 is 0 Å². The van der Waals surface area contributed by atoms with Gasteiger partial charge < -0.3 is 10.5 Å². The standard InChI is InChI=1S/C13H19FN2O3S/c1-19-13(12(15)9-14)10-3-5-11(6-4-10)16-7-2-8-20(16,17)18/h3-6,12-13H,2,7-9,15H2,1H3/t12-,13-/m1/s1. The van der Waals surface area contributed by atoms with E-state index in [1.807, 2.05) is 0 Å². The zero-order valence-electron chi connectivity index (χ0n) is 11.3. The predicted molar refractivity (Wildman–Crippen MR) is 75.9 cm³/mol. The summed E-state index contributed by atoms with van der Waals surface area (Å²) in [5.41, 5.74) is 7.01. The van der Waals surface area contributed by atoms with E-state index in [-0.39, 0.29) is 5.75 Å². The molecule has 1 aromatic rings. The van der Waals surface area contributed by atoms with Crippen LogP contribution in [0.25, 0.3) is 0 Å². The number of hydrogen-bond donors (Lipinski definition) is 1. The number of nitrogens with zero attached hydrogens (tertiary/aromatic N) is 1. The number of hydrogen-bond acceptors (Lipinski definition) is 4. The fraction of sp³-hybridized carbons (Fsp3) is 0.538. The van der Waals surface area contributed by atoms with Gasteiger partial charge in [0.2, 0.25) is 10.0 Å². The van der Waals surface area contributed by atoms with Crippen molar-refractivity contribution in [1.29, 1.82) is 0 Å². The van der Waals surface area contributed by atoms with E-state index in [4.69, 9.17) is 10.5 Å². The summed E-state index contributed by atoms with van der Waals surface area (Å²) in [5, 5.41) is 0. The first-order valence-corrected chi connectivity index (χ1v) is 8.05. The van der Waals surface area contributed by atoms with Gasteiger partial charge in [-0.1, -0.05) is 12.1 Å². The summed E-state index contributed by atoms with van der Waals surface area (Å²) >= 11 is 0. The zero-order valence-corrected chi connectivity index (χ0v) is 12.1. The van der Waals surface area contributed by atoms with E-state index in [9.17, 15) is 12.8 Å². The number of methoxy groups -OCH3 is 1. The van der Waals surface area contributed by atoms with Crippen LogP contribution in [-0.4, -0.2) is 40.5 Å². The topological polar surface area (TPSA) is 72.6 Å². The van der Waals surface area contributed by atoms with E-state index in [1.165, 1.54) is 11.4 Å². The Morgan fingerprint density at radius 1 is 1.40 bits per heavy atom. The molecule has 20 heavy (non-hydrogen) atoms. The Bertz CT molecular complexity index is 547. The van der Waals surface area contributed by atoms with Crippen LogP contribution in [0.1, 0.15) is 18.1 Å². The average molecular weight is 302 g/mol. The Labute approximate surface area is 118 Å². The number of halogens is 1. The summed E-state index contributed by atoms with van der Waals surface area (Å²) in [4.78, 5) is 0. The highest BCUT2D eigenvalue weighted by atomic mass is 32.2. The zero-order chi connectivity index (χ0) is 14.8. The van der Waals surface area contributed by atoms with Gasteiger partial charge in [0.25, 0.3) is 0 Å². The highest BCUT2D eigenvalue weighted by molar-refractivity contribution is 7.93. The molecule has 1 heterocycles. The van der Waals surface area contributed by atoms with Gasteiger partial charge in [0.15, 0.2) is 0 Å². The van der Waals surface area contributed by atoms with Gasteiger partial charge in [-0.3, -0.25) is 4.31 Å². The average Bonchev–Trinajstić information content (AvgIpc) is 2.79. The second-order valence-electron chi connectivity index (χ2n) is 4.81. The molecule has 5 nitrogen and oxygen atoms in total. The number of rotatable bonds is 5. The quantitative estimate of drug-likeness (QED) is 0.887. The molecule has 1 aromatic carbocycles. The van der Waals surface area contributed by atoms with E-state index in [0.717, 1.165) is 5.56 Å². The molecule has 0 aromatic heterocycles. The Morgan fingerprint density at radius 2 is 2.05 bits per heavy atom. The maximum atomic E-state index is 12.6. The Hall–Kier alpha value is -1.18. The van der Waals surface area contributed by atoms with Gasteiger partial charge in [-0.2, -0.15) is 0 Å². The molecule has 0 spiro atoms. The van der Waals surface area contributed by atoms with Gasteiger partial charge >= 0.3 is 0 Å². The maximum Gasteiger partial charge on any atom is 0.235 e. The van der Waals surface area contributed by atoms with Crippen LogP contribution in [0.4, 0.5) is 10.1 Å². The summed E-state index contributed by atoms with van der Waals surface area (Å²) in [6, 6.07) is 6.13. The monoisotopic (exact) mass is 302 g/mol. The third-order valence-corrected chi connectivity index (χ3v) is 5.30. The van der Waals surface area contributed by atoms with Crippen molar-refractivity contribution in [2.24, 2.45) is 5.73 Å². The van der Waals surface area contributed by atoms with Gasteiger partial charge in [-0.15, -0.1) is 0 Å². The van der Waals surface area contributed by atoms with Gasteiger partial charge in [0.05, 0.1) is 23.6 Å². The second kappa shape index (κ2) is 6.07. The molecule has 2 atom stereocenters. The Kier molecular flexibility index (Phi) is 4.62. The molecule has 0 aliphatic carbocycles. The minimum atomic E-state index is -3.18. The number of nitrogens with two attached hydrogens (primary N) is 1. The summed E-state index contributed by atoms with van der Waals surface area (Å²) in [6.07, 6.45) is 0.0987. The van der Waals surface area contributed by atoms with Crippen molar-refractivity contribution < 1.29 is 17.5 Å². The molecule has 1 fully saturated rings. The van der Waals surface area contributed by atoms with Crippen molar-refractivity contribution in [3.05, 3.63) is 29.8 Å². The fourth-order valence-corrected chi connectivity index (χ4v) is 3.96. The normalized spacial score (nSPS) is 20.9. The molecule has 0 amide bonds. The smallest absolute Gasteiger partial charge is 0.235 e. The molecular weight excluding hydrogens is 283 g/mol. The summed E-state index contributed by atoms with van der Waals surface area (Å²) in [6.45, 7) is -0.180. The highest BCUT2D eigenvalue weighted by Crippen LogP contribution is 2.27. The van der Waals surface area contributed by atoms with Crippen molar-refractivity contribution in [3.8, 4) is 0 Å². The van der Waals surface area contributed by atoms with Crippen molar-refractivity contribution in [1.82, 2.24) is 0 Å². The summed E-state index contributed by atoms with van der Waals surface area (Å²) in [7, 11) is -1.71. The van der Waals surface area contributed by atoms with Crippen LogP contribution in [0.5, 0.6) is 0 Å². The van der Waals surface area contributed by atoms with Crippen molar-refractivity contribution in [3.63, 3.8) is 0 Å². The molecule has 7 heteroatoms. The van der Waals surface area contributed by atoms with Crippen LogP contribution < -0.4 is 10.0 Å². The summed E-state index contributed by atoms with van der Waals surface area (Å²) in [5.74, 6) is 0.183. The van der Waals surface area contributed by atoms with E-state index in [2.05, 4.69) is 0 Å². The number of benzene rings is 1. The number of ether oxygens (including phenoxy) is 1. The molecule has 0 bridgehead atoms. The molecule has 2 N–H and O–H groups in total. The molecular formula is C13H19FN2O3S. The molecule has 0 saturated carbocycles. The van der Waals surface area contributed by atoms with Crippen molar-refractivity contribution in [2.75, 3.05) is 30.4 Å². The molecule has 1 aliphatic rings. The van der Waals surface area contributed by atoms with Gasteiger partial charge in [-0.05, 0) is 24.1 Å². The molecule has 112 valence electrons. The molecule has 2 rings (SSSR count). The first-order chi connectivity index (χ1) is 9.49. The van der Waals surface area contributed by atoms with Gasteiger partial charge in [-0.25, -0.2) is 12.8 Å². The number of alkyl halides is 1. The van der Waals surface area contributed by atoms with E-state index in [1.54, 1.807) is 24.3 Å². The lowest BCUT2D eigenvalue weighted by Crippen LogP contribution is -2.31. The second-order valence-corrected chi connectivity index (χ2v) is 6.82. The molecule has 1 aliphatic heterocycles. The van der Waals surface area contributed by atoms with Crippen LogP contribution in [0.2, 0.25) is 0 Å². The molecule has 0 unspecified atom stereocenters. The lowest BCUT2D eigenvalue weighted by Gasteiger charge is -2.22. The molecule has 1 saturated heterocycles. The Morgan fingerprint density at radius 3 is 2.50 bits per heavy atom. The van der Waals surface area contributed by atoms with E-state index < -0.39 is 28.8 Å². The minimum absolute atomic E-state index is 0.183. The minimum Gasteiger partial charge on any atom is -0.375 e. The highest BCUT2D eigenvalue weighted by Gasteiger charge is 2.28. The predicted octanol–water partition coefficient (Wildman–Crippen LogP) is 1.21. The van der Waals surface area contributed by atoms with Crippen molar-refractivity contribution in [2.45, 2.75) is 18.6 Å². The lowest BCUT2D eigenvalue weighted by molar-refractivity contribution is 0.0721. The van der Waals surface area contributed by atoms with E-state index >= 15 is 0 Å². The van der Waals surface area contributed by atoms with Crippen molar-refractivity contribution >= 4 is 15.7 Å². The summed E-state index contributed by atoms with van der Waals surface area (Å²) < 4.78 is 42.9. The first-order valence-electron chi connectivity index (χ1n) is 6.44. The first kappa shape index (κ1) is 15.2. The SMILES string of the molecule is CO[C@H](c1ccc(N2CCCS2(=O)=O)cc1)[C@H](N)CF. The fourth-order valence-electron chi connectivity index (χ4n) is 2.40. The van der Waals surface area contributed by atoms with E-state index in [0.29, 0.717) is 18.7 Å². The van der Waals surface area contributed by atoms with Crippen LogP contribution in [0.15, 0.2) is 24.3 Å². The van der Waals surface area contributed by atoms with Gasteiger partial charge in [0, 0.05) is 13.7 Å². The van der Waals surface area contributed by atoms with Crippen LogP contribution in [-0.2, 0) is 14.8 Å². The largest absolute Gasteiger partial charge is 0.375 e. The third-order valence-electron chi connectivity index (χ3n) is 3.43. The Balaban J connectivity index is 2.22. The van der Waals surface area contributed by atoms with Gasteiger partial charge in [0.1, 0.15) is 6.67 Å². The molecule has 0 radical (unpaired) electrons. The third kappa shape index (κ3) is 2.94. The number of sulfonamides is 1. The lowest BCUT2D eigenvalue weighted by atomic mass is 10.0. The van der Waals surface area contributed by atoms with Crippen LogP contribution in [0, 0.1) is 0 Å².